The Morgan fingerprint density at radius 2 is 1.50 bits per heavy atom. The number of ether oxygens (including phenoxy) is 6. The molecule has 1 saturated heterocycles. The molecule has 44 heavy (non-hydrogen) atoms. The van der Waals surface area contributed by atoms with Gasteiger partial charge < -0.3 is 38.4 Å². The molecule has 0 bridgehead atoms. The Morgan fingerprint density at radius 1 is 0.818 bits per heavy atom. The van der Waals surface area contributed by atoms with Gasteiger partial charge in [-0.05, 0) is 42.3 Å². The van der Waals surface area contributed by atoms with Crippen molar-refractivity contribution in [3.05, 3.63) is 90.0 Å². The highest BCUT2D eigenvalue weighted by atomic mass is 16.5. The summed E-state index contributed by atoms with van der Waals surface area (Å²) in [5.41, 5.74) is 1.92. The number of hydrogen-bond acceptors (Lipinski definition) is 7. The van der Waals surface area contributed by atoms with E-state index in [0.717, 1.165) is 39.1 Å². The van der Waals surface area contributed by atoms with Crippen LogP contribution in [-0.2, 0) is 11.3 Å². The zero-order chi connectivity index (χ0) is 30.9. The number of fused-ring (bicyclic) bond motifs is 1. The Balaban J connectivity index is 1.23. The average molecular weight is 602 g/mol. The normalized spacial score (nSPS) is 16.4. The van der Waals surface area contributed by atoms with Gasteiger partial charge in [0.1, 0.15) is 17.2 Å². The van der Waals surface area contributed by atoms with Crippen LogP contribution in [0.3, 0.4) is 0 Å². The van der Waals surface area contributed by atoms with Crippen LogP contribution in [0.4, 0.5) is 4.79 Å². The summed E-state index contributed by atoms with van der Waals surface area (Å²) in [4.78, 5) is 13.3. The second-order valence-corrected chi connectivity index (χ2v) is 10.6. The molecule has 1 aliphatic heterocycles. The summed E-state index contributed by atoms with van der Waals surface area (Å²) < 4.78 is 35.0. The number of piperidine rings is 1. The number of carbonyl (C=O) groups is 1. The molecule has 0 spiro atoms. The van der Waals surface area contributed by atoms with Crippen molar-refractivity contribution in [2.24, 2.45) is 0 Å². The molecule has 0 aromatic heterocycles. The van der Waals surface area contributed by atoms with Crippen LogP contribution in [0.1, 0.15) is 29.9 Å². The number of benzene rings is 4. The number of likely N-dealkylation sites (tertiary alicyclic amines) is 1. The molecule has 1 aliphatic rings. The smallest absolute Gasteiger partial charge is 0.407 e. The Kier molecular flexibility index (Phi) is 10.3. The van der Waals surface area contributed by atoms with Crippen molar-refractivity contribution >= 4 is 16.9 Å². The Bertz CT molecular complexity index is 1540. The fourth-order valence-electron chi connectivity index (χ4n) is 5.71. The molecule has 1 amide bonds. The number of rotatable bonds is 13. The van der Waals surface area contributed by atoms with Crippen LogP contribution in [-0.4, -0.2) is 69.8 Å². The van der Waals surface area contributed by atoms with E-state index in [2.05, 4.69) is 0 Å². The number of methoxy groups -OCH3 is 3. The third kappa shape index (κ3) is 7.11. The SMILES string of the molecule is COc1ccccc1OCCCOc1ccc(C2CCN(C(=O)O)CC2OCc2cc(OC)c3ccccc3c2OC)cc1. The monoisotopic (exact) mass is 601 g/mol. The first-order valence-corrected chi connectivity index (χ1v) is 14.7. The van der Waals surface area contributed by atoms with Crippen LogP contribution in [0, 0.1) is 0 Å². The van der Waals surface area contributed by atoms with Crippen molar-refractivity contribution in [3.63, 3.8) is 0 Å². The zero-order valence-corrected chi connectivity index (χ0v) is 25.4. The lowest BCUT2D eigenvalue weighted by atomic mass is 9.87. The number of carboxylic acid groups (broad SMARTS) is 1. The van der Waals surface area contributed by atoms with E-state index >= 15 is 0 Å². The van der Waals surface area contributed by atoms with Gasteiger partial charge in [-0.15, -0.1) is 0 Å². The Morgan fingerprint density at radius 3 is 2.20 bits per heavy atom. The van der Waals surface area contributed by atoms with Gasteiger partial charge in [0.2, 0.25) is 0 Å². The van der Waals surface area contributed by atoms with Crippen LogP contribution in [0.5, 0.6) is 28.7 Å². The molecule has 4 aromatic rings. The molecule has 1 heterocycles. The van der Waals surface area contributed by atoms with Crippen molar-refractivity contribution < 1.29 is 38.3 Å². The van der Waals surface area contributed by atoms with Crippen molar-refractivity contribution in [3.8, 4) is 28.7 Å². The summed E-state index contributed by atoms with van der Waals surface area (Å²) in [5, 5.41) is 11.6. The second kappa shape index (κ2) is 14.7. The molecule has 2 atom stereocenters. The van der Waals surface area contributed by atoms with E-state index in [-0.39, 0.29) is 25.2 Å². The number of hydrogen-bond donors (Lipinski definition) is 1. The van der Waals surface area contributed by atoms with E-state index in [9.17, 15) is 9.90 Å². The molecule has 0 saturated carbocycles. The van der Waals surface area contributed by atoms with Gasteiger partial charge in [-0.1, -0.05) is 48.5 Å². The van der Waals surface area contributed by atoms with E-state index in [1.807, 2.05) is 78.9 Å². The molecule has 232 valence electrons. The molecule has 4 aromatic carbocycles. The fraction of sp³-hybridized carbons (Fsp3) is 0.343. The highest BCUT2D eigenvalue weighted by Gasteiger charge is 2.33. The fourth-order valence-corrected chi connectivity index (χ4v) is 5.71. The van der Waals surface area contributed by atoms with Gasteiger partial charge in [-0.25, -0.2) is 4.79 Å². The topological polar surface area (TPSA) is 95.9 Å². The van der Waals surface area contributed by atoms with E-state index < -0.39 is 6.09 Å². The van der Waals surface area contributed by atoms with Crippen LogP contribution in [0.25, 0.3) is 10.8 Å². The molecule has 1 fully saturated rings. The standard InChI is InChI=1S/C35H39NO8/c1-39-30-11-6-7-12-31(30)43-20-8-19-42-26-15-13-24(14-16-26)27-17-18-36(35(37)38)22-33(27)44-23-25-21-32(40-2)28-9-4-5-10-29(28)34(25)41-3/h4-7,9-16,21,27,33H,8,17-20,22-23H2,1-3H3,(H,37,38). The Hall–Kier alpha value is -4.63. The summed E-state index contributed by atoms with van der Waals surface area (Å²) in [7, 11) is 4.91. The minimum Gasteiger partial charge on any atom is -0.496 e. The Labute approximate surface area is 257 Å². The second-order valence-electron chi connectivity index (χ2n) is 10.6. The van der Waals surface area contributed by atoms with Crippen LogP contribution >= 0.6 is 0 Å². The summed E-state index contributed by atoms with van der Waals surface area (Å²) >= 11 is 0. The van der Waals surface area contributed by atoms with Crippen molar-refractivity contribution in [1.29, 1.82) is 0 Å². The predicted molar refractivity (Wildman–Crippen MR) is 168 cm³/mol. The molecule has 9 heteroatoms. The van der Waals surface area contributed by atoms with Gasteiger partial charge in [0.25, 0.3) is 0 Å². The number of nitrogens with zero attached hydrogens (tertiary/aromatic N) is 1. The van der Waals surface area contributed by atoms with Gasteiger partial charge in [-0.3, -0.25) is 0 Å². The average Bonchev–Trinajstić information content (AvgIpc) is 3.07. The minimum absolute atomic E-state index is 0.0160. The van der Waals surface area contributed by atoms with E-state index in [0.29, 0.717) is 44.1 Å². The van der Waals surface area contributed by atoms with Gasteiger partial charge in [0.05, 0.1) is 53.8 Å². The first-order chi connectivity index (χ1) is 21.5. The molecule has 0 aliphatic carbocycles. The van der Waals surface area contributed by atoms with Crippen molar-refractivity contribution in [2.45, 2.75) is 31.5 Å². The van der Waals surface area contributed by atoms with Gasteiger partial charge >= 0.3 is 6.09 Å². The summed E-state index contributed by atoms with van der Waals surface area (Å²) in [6.07, 6.45) is 0.0727. The third-order valence-corrected chi connectivity index (χ3v) is 7.93. The van der Waals surface area contributed by atoms with Crippen LogP contribution < -0.4 is 23.7 Å². The molecule has 0 radical (unpaired) electrons. The van der Waals surface area contributed by atoms with E-state index in [1.54, 1.807) is 21.3 Å². The lowest BCUT2D eigenvalue weighted by Gasteiger charge is -2.37. The first kappa shape index (κ1) is 30.8. The maximum Gasteiger partial charge on any atom is 0.407 e. The van der Waals surface area contributed by atoms with Gasteiger partial charge in [-0.2, -0.15) is 0 Å². The summed E-state index contributed by atoms with van der Waals surface area (Å²) in [6.45, 7) is 1.98. The van der Waals surface area contributed by atoms with Crippen LogP contribution in [0.2, 0.25) is 0 Å². The summed E-state index contributed by atoms with van der Waals surface area (Å²) in [5.74, 6) is 3.65. The largest absolute Gasteiger partial charge is 0.496 e. The maximum absolute atomic E-state index is 11.9. The lowest BCUT2D eigenvalue weighted by molar-refractivity contribution is -0.0204. The first-order valence-electron chi connectivity index (χ1n) is 14.7. The molecular formula is C35H39NO8. The minimum atomic E-state index is -0.944. The lowest BCUT2D eigenvalue weighted by Crippen LogP contribution is -2.46. The van der Waals surface area contributed by atoms with Crippen molar-refractivity contribution in [2.75, 3.05) is 47.6 Å². The van der Waals surface area contributed by atoms with E-state index in [1.165, 1.54) is 4.90 Å². The van der Waals surface area contributed by atoms with Gasteiger partial charge in [0.15, 0.2) is 11.5 Å². The van der Waals surface area contributed by atoms with Crippen LogP contribution in [0.15, 0.2) is 78.9 Å². The number of para-hydroxylation sites is 2. The molecule has 9 nitrogen and oxygen atoms in total. The van der Waals surface area contributed by atoms with Gasteiger partial charge in [0, 0.05) is 35.2 Å². The molecule has 2 unspecified atom stereocenters. The third-order valence-electron chi connectivity index (χ3n) is 7.93. The number of amides is 1. The maximum atomic E-state index is 11.9. The molecular weight excluding hydrogens is 562 g/mol. The highest BCUT2D eigenvalue weighted by Crippen LogP contribution is 2.38. The summed E-state index contributed by atoms with van der Waals surface area (Å²) in [6, 6.07) is 25.4. The van der Waals surface area contributed by atoms with E-state index in [4.69, 9.17) is 28.4 Å². The zero-order valence-electron chi connectivity index (χ0n) is 25.4. The molecule has 1 N–H and O–H groups in total. The molecule has 5 rings (SSSR count). The highest BCUT2D eigenvalue weighted by molar-refractivity contribution is 5.94. The predicted octanol–water partition coefficient (Wildman–Crippen LogP) is 6.77. The quantitative estimate of drug-likeness (QED) is 0.168. The van der Waals surface area contributed by atoms with Crippen molar-refractivity contribution in [1.82, 2.24) is 4.90 Å².